The van der Waals surface area contributed by atoms with E-state index >= 15 is 0 Å². The molecule has 0 bridgehead atoms. The van der Waals surface area contributed by atoms with E-state index < -0.39 is 0 Å². The maximum absolute atomic E-state index is 4.78. The van der Waals surface area contributed by atoms with Crippen molar-refractivity contribution in [3.8, 4) is 0 Å². The summed E-state index contributed by atoms with van der Waals surface area (Å²) in [6, 6.07) is 0. The summed E-state index contributed by atoms with van der Waals surface area (Å²) >= 11 is 0. The molecule has 3 rings (SSSR count). The first-order valence-corrected chi connectivity index (χ1v) is 6.99. The third-order valence-corrected chi connectivity index (χ3v) is 4.05. The van der Waals surface area contributed by atoms with E-state index in [1.165, 1.54) is 56.2 Å². The second-order valence-electron chi connectivity index (χ2n) is 5.35. The number of rotatable bonds is 1. The molecule has 17 heavy (non-hydrogen) atoms. The van der Waals surface area contributed by atoms with E-state index in [2.05, 4.69) is 10.3 Å². The van der Waals surface area contributed by atoms with Crippen molar-refractivity contribution in [2.24, 2.45) is 0 Å². The van der Waals surface area contributed by atoms with E-state index in [4.69, 9.17) is 4.98 Å². The monoisotopic (exact) mass is 231 g/mol. The predicted octanol–water partition coefficient (Wildman–Crippen LogP) is 2.91. The molecule has 0 aromatic carbocycles. The van der Waals surface area contributed by atoms with Crippen LogP contribution >= 0.6 is 0 Å². The van der Waals surface area contributed by atoms with Crippen molar-refractivity contribution >= 4 is 0 Å². The Labute approximate surface area is 103 Å². The van der Waals surface area contributed by atoms with Crippen molar-refractivity contribution in [2.75, 3.05) is 0 Å². The summed E-state index contributed by atoms with van der Waals surface area (Å²) in [6.07, 6.45) is 11.5. The standard InChI is InChI=1S/C14H21N3/c1-2-4-6-11(7-5-3-1)14-16-9-12-8-15-10-13(12)17-14/h9,11,15H,1-8,10H2. The Balaban J connectivity index is 1.77. The average molecular weight is 231 g/mol. The lowest BCUT2D eigenvalue weighted by Gasteiger charge is -2.18. The lowest BCUT2D eigenvalue weighted by Crippen LogP contribution is -2.08. The van der Waals surface area contributed by atoms with Gasteiger partial charge < -0.3 is 5.32 Å². The smallest absolute Gasteiger partial charge is 0.131 e. The van der Waals surface area contributed by atoms with Crippen LogP contribution in [0.1, 0.15) is 67.9 Å². The minimum atomic E-state index is 0.612. The molecule has 0 amide bonds. The Morgan fingerprint density at radius 3 is 2.59 bits per heavy atom. The summed E-state index contributed by atoms with van der Waals surface area (Å²) in [4.78, 5) is 9.37. The third kappa shape index (κ3) is 2.49. The van der Waals surface area contributed by atoms with Gasteiger partial charge in [-0.1, -0.05) is 32.1 Å². The molecule has 1 N–H and O–H groups in total. The van der Waals surface area contributed by atoms with Gasteiger partial charge in [0.1, 0.15) is 5.82 Å². The summed E-state index contributed by atoms with van der Waals surface area (Å²) in [7, 11) is 0. The fourth-order valence-corrected chi connectivity index (χ4v) is 2.98. The van der Waals surface area contributed by atoms with Gasteiger partial charge in [-0.15, -0.1) is 0 Å². The molecule has 1 aliphatic carbocycles. The van der Waals surface area contributed by atoms with Crippen LogP contribution < -0.4 is 5.32 Å². The van der Waals surface area contributed by atoms with Gasteiger partial charge in [-0.3, -0.25) is 0 Å². The van der Waals surface area contributed by atoms with Crippen molar-refractivity contribution in [1.29, 1.82) is 0 Å². The first-order chi connectivity index (χ1) is 8.43. The first kappa shape index (κ1) is 11.1. The zero-order valence-corrected chi connectivity index (χ0v) is 10.4. The summed E-state index contributed by atoms with van der Waals surface area (Å²) in [6.45, 7) is 1.87. The van der Waals surface area contributed by atoms with Crippen LogP contribution in [0.15, 0.2) is 6.20 Å². The lowest BCUT2D eigenvalue weighted by atomic mass is 9.90. The van der Waals surface area contributed by atoms with Gasteiger partial charge in [0.25, 0.3) is 0 Å². The normalized spacial score (nSPS) is 21.9. The molecule has 1 aliphatic heterocycles. The van der Waals surface area contributed by atoms with Gasteiger partial charge in [0.15, 0.2) is 0 Å². The minimum absolute atomic E-state index is 0.612. The zero-order chi connectivity index (χ0) is 11.5. The van der Waals surface area contributed by atoms with Crippen molar-refractivity contribution in [2.45, 2.75) is 64.0 Å². The summed E-state index contributed by atoms with van der Waals surface area (Å²) in [5, 5.41) is 3.34. The second-order valence-corrected chi connectivity index (χ2v) is 5.35. The van der Waals surface area contributed by atoms with Crippen LogP contribution in [0.3, 0.4) is 0 Å². The average Bonchev–Trinajstić information content (AvgIpc) is 2.75. The van der Waals surface area contributed by atoms with E-state index in [0.29, 0.717) is 5.92 Å². The summed E-state index contributed by atoms with van der Waals surface area (Å²) < 4.78 is 0. The highest BCUT2D eigenvalue weighted by molar-refractivity contribution is 5.22. The van der Waals surface area contributed by atoms with Gasteiger partial charge in [0.2, 0.25) is 0 Å². The largest absolute Gasteiger partial charge is 0.307 e. The van der Waals surface area contributed by atoms with Gasteiger partial charge >= 0.3 is 0 Å². The SMILES string of the molecule is c1nc(C2CCCCCCC2)nc2c1CNC2. The summed E-state index contributed by atoms with van der Waals surface area (Å²) in [5.41, 5.74) is 2.52. The number of fused-ring (bicyclic) bond motifs is 1. The fourth-order valence-electron chi connectivity index (χ4n) is 2.98. The van der Waals surface area contributed by atoms with Gasteiger partial charge in [0.05, 0.1) is 5.69 Å². The zero-order valence-electron chi connectivity index (χ0n) is 10.4. The first-order valence-electron chi connectivity index (χ1n) is 6.99. The molecule has 2 aliphatic rings. The molecule has 0 spiro atoms. The molecule has 1 aromatic heterocycles. The van der Waals surface area contributed by atoms with Crippen molar-refractivity contribution in [1.82, 2.24) is 15.3 Å². The Morgan fingerprint density at radius 1 is 1.00 bits per heavy atom. The Morgan fingerprint density at radius 2 is 1.76 bits per heavy atom. The number of nitrogens with one attached hydrogen (secondary N) is 1. The Hall–Kier alpha value is -0.960. The summed E-state index contributed by atoms with van der Waals surface area (Å²) in [5.74, 6) is 1.72. The number of aromatic nitrogens is 2. The van der Waals surface area contributed by atoms with E-state index in [1.807, 2.05) is 6.20 Å². The molecular weight excluding hydrogens is 210 g/mol. The maximum atomic E-state index is 4.78. The quantitative estimate of drug-likeness (QED) is 0.807. The molecule has 0 radical (unpaired) electrons. The van der Waals surface area contributed by atoms with Crippen LogP contribution in [0, 0.1) is 0 Å². The van der Waals surface area contributed by atoms with Crippen LogP contribution in [0.4, 0.5) is 0 Å². The van der Waals surface area contributed by atoms with E-state index in [1.54, 1.807) is 0 Å². The number of nitrogens with zero attached hydrogens (tertiary/aromatic N) is 2. The van der Waals surface area contributed by atoms with Crippen LogP contribution in [-0.4, -0.2) is 9.97 Å². The molecule has 92 valence electrons. The van der Waals surface area contributed by atoms with Crippen LogP contribution in [-0.2, 0) is 13.1 Å². The molecule has 1 fully saturated rings. The molecular formula is C14H21N3. The van der Waals surface area contributed by atoms with E-state index in [9.17, 15) is 0 Å². The third-order valence-electron chi connectivity index (χ3n) is 4.05. The topological polar surface area (TPSA) is 37.8 Å². The van der Waals surface area contributed by atoms with Gasteiger partial charge in [-0.2, -0.15) is 0 Å². The molecule has 1 saturated carbocycles. The molecule has 3 nitrogen and oxygen atoms in total. The molecule has 2 heterocycles. The predicted molar refractivity (Wildman–Crippen MR) is 67.6 cm³/mol. The van der Waals surface area contributed by atoms with Gasteiger partial charge in [-0.25, -0.2) is 9.97 Å². The van der Waals surface area contributed by atoms with Crippen molar-refractivity contribution in [3.05, 3.63) is 23.3 Å². The molecule has 1 aromatic rings. The lowest BCUT2D eigenvalue weighted by molar-refractivity contribution is 0.441. The van der Waals surface area contributed by atoms with Crippen LogP contribution in [0.2, 0.25) is 0 Å². The number of hydrogen-bond acceptors (Lipinski definition) is 3. The highest BCUT2D eigenvalue weighted by atomic mass is 15.0. The minimum Gasteiger partial charge on any atom is -0.307 e. The van der Waals surface area contributed by atoms with E-state index in [0.717, 1.165) is 18.9 Å². The number of hydrogen-bond donors (Lipinski definition) is 1. The highest BCUT2D eigenvalue weighted by Gasteiger charge is 2.19. The Kier molecular flexibility index (Phi) is 3.36. The van der Waals surface area contributed by atoms with E-state index in [-0.39, 0.29) is 0 Å². The fraction of sp³-hybridized carbons (Fsp3) is 0.714. The second kappa shape index (κ2) is 5.13. The van der Waals surface area contributed by atoms with Gasteiger partial charge in [-0.05, 0) is 12.8 Å². The van der Waals surface area contributed by atoms with Crippen LogP contribution in [0.25, 0.3) is 0 Å². The Bertz CT molecular complexity index is 381. The van der Waals surface area contributed by atoms with Gasteiger partial charge in [0, 0.05) is 30.8 Å². The molecule has 3 heteroatoms. The van der Waals surface area contributed by atoms with Crippen molar-refractivity contribution in [3.63, 3.8) is 0 Å². The molecule has 0 saturated heterocycles. The highest BCUT2D eigenvalue weighted by Crippen LogP contribution is 2.29. The maximum Gasteiger partial charge on any atom is 0.131 e. The van der Waals surface area contributed by atoms with Crippen molar-refractivity contribution < 1.29 is 0 Å². The van der Waals surface area contributed by atoms with Crippen LogP contribution in [0.5, 0.6) is 0 Å². The molecule has 0 unspecified atom stereocenters. The molecule has 0 atom stereocenters.